The first-order valence-electron chi connectivity index (χ1n) is 8.16. The Labute approximate surface area is 136 Å². The summed E-state index contributed by atoms with van der Waals surface area (Å²) in [5.41, 5.74) is 1.65. The van der Waals surface area contributed by atoms with Gasteiger partial charge in [-0.3, -0.25) is 4.79 Å². The molecule has 5 heteroatoms. The fourth-order valence-corrected chi connectivity index (χ4v) is 2.78. The molecular weight excluding hydrogens is 292 g/mol. The van der Waals surface area contributed by atoms with Gasteiger partial charge in [0.05, 0.1) is 26.0 Å². The maximum absolute atomic E-state index is 12.1. The molecule has 1 aromatic carbocycles. The average Bonchev–Trinajstić information content (AvgIpc) is 3.14. The first-order valence-corrected chi connectivity index (χ1v) is 8.16. The van der Waals surface area contributed by atoms with Crippen LogP contribution in [0.5, 0.6) is 0 Å². The molecule has 0 aliphatic carbocycles. The minimum absolute atomic E-state index is 0.0204. The number of quaternary nitrogens is 1. The number of furan rings is 1. The molecule has 1 saturated heterocycles. The monoisotopic (exact) mass is 315 g/mol. The molecule has 1 aliphatic heterocycles. The van der Waals surface area contributed by atoms with Gasteiger partial charge in [-0.25, -0.2) is 0 Å². The van der Waals surface area contributed by atoms with Crippen molar-refractivity contribution in [2.24, 2.45) is 0 Å². The first kappa shape index (κ1) is 15.8. The lowest BCUT2D eigenvalue weighted by molar-refractivity contribution is -0.908. The van der Waals surface area contributed by atoms with E-state index >= 15 is 0 Å². The van der Waals surface area contributed by atoms with E-state index in [2.05, 4.69) is 5.32 Å². The molecule has 2 heterocycles. The molecule has 2 aromatic rings. The minimum Gasteiger partial charge on any atom is -0.464 e. The molecule has 1 aromatic heterocycles. The number of carbonyl (C=O) groups excluding carboxylic acids is 1. The van der Waals surface area contributed by atoms with E-state index in [1.807, 2.05) is 36.4 Å². The lowest BCUT2D eigenvalue weighted by Gasteiger charge is -2.23. The molecule has 1 aliphatic rings. The molecule has 0 spiro atoms. The number of carbonyl (C=O) groups is 1. The molecule has 122 valence electrons. The van der Waals surface area contributed by atoms with Gasteiger partial charge in [0.15, 0.2) is 0 Å². The Bertz CT molecular complexity index is 602. The largest absolute Gasteiger partial charge is 0.464 e. The number of hydrogen-bond donors (Lipinski definition) is 2. The van der Waals surface area contributed by atoms with Crippen molar-refractivity contribution in [1.82, 2.24) is 5.32 Å². The van der Waals surface area contributed by atoms with E-state index in [4.69, 9.17) is 9.15 Å². The van der Waals surface area contributed by atoms with Crippen LogP contribution in [0.1, 0.15) is 16.8 Å². The van der Waals surface area contributed by atoms with Crippen LogP contribution < -0.4 is 10.2 Å². The maximum Gasteiger partial charge on any atom is 0.251 e. The van der Waals surface area contributed by atoms with Crippen LogP contribution in [0.2, 0.25) is 0 Å². The van der Waals surface area contributed by atoms with Crippen molar-refractivity contribution in [2.75, 3.05) is 39.4 Å². The van der Waals surface area contributed by atoms with Crippen molar-refractivity contribution in [2.45, 2.75) is 6.42 Å². The summed E-state index contributed by atoms with van der Waals surface area (Å²) < 4.78 is 10.7. The zero-order valence-electron chi connectivity index (χ0n) is 13.2. The molecule has 0 saturated carbocycles. The van der Waals surface area contributed by atoms with Crippen molar-refractivity contribution in [3.05, 3.63) is 48.2 Å². The second-order valence-corrected chi connectivity index (χ2v) is 5.78. The number of rotatable bonds is 6. The summed E-state index contributed by atoms with van der Waals surface area (Å²) in [5.74, 6) is 0.790. The molecule has 0 atom stereocenters. The smallest absolute Gasteiger partial charge is 0.251 e. The van der Waals surface area contributed by atoms with Crippen LogP contribution in [0.4, 0.5) is 0 Å². The van der Waals surface area contributed by atoms with Gasteiger partial charge >= 0.3 is 0 Å². The Morgan fingerprint density at radius 2 is 1.91 bits per heavy atom. The highest BCUT2D eigenvalue weighted by Crippen LogP contribution is 2.19. The van der Waals surface area contributed by atoms with Gasteiger partial charge in [0.1, 0.15) is 18.8 Å². The summed E-state index contributed by atoms with van der Waals surface area (Å²) in [7, 11) is 0. The molecule has 23 heavy (non-hydrogen) atoms. The highest BCUT2D eigenvalue weighted by molar-refractivity contribution is 5.94. The summed E-state index contributed by atoms with van der Waals surface area (Å²) in [6.07, 6.45) is 2.64. The van der Waals surface area contributed by atoms with Gasteiger partial charge in [0.25, 0.3) is 5.91 Å². The SMILES string of the molecule is O=C(NCCC[NH+]1CCOCC1)c1ccc(-c2ccco2)cc1. The number of benzene rings is 1. The van der Waals surface area contributed by atoms with Crippen molar-refractivity contribution < 1.29 is 18.8 Å². The molecule has 0 unspecified atom stereocenters. The topological polar surface area (TPSA) is 55.9 Å². The van der Waals surface area contributed by atoms with Crippen molar-refractivity contribution in [1.29, 1.82) is 0 Å². The van der Waals surface area contributed by atoms with Gasteiger partial charge in [0.2, 0.25) is 0 Å². The van der Waals surface area contributed by atoms with Gasteiger partial charge in [-0.05, 0) is 24.3 Å². The maximum atomic E-state index is 12.1. The van der Waals surface area contributed by atoms with Gasteiger partial charge in [-0.1, -0.05) is 12.1 Å². The Morgan fingerprint density at radius 3 is 2.61 bits per heavy atom. The number of morpholine rings is 1. The van der Waals surface area contributed by atoms with Crippen LogP contribution in [0.3, 0.4) is 0 Å². The van der Waals surface area contributed by atoms with Gasteiger partial charge < -0.3 is 19.4 Å². The minimum atomic E-state index is -0.0204. The van der Waals surface area contributed by atoms with E-state index in [1.54, 1.807) is 11.2 Å². The predicted molar refractivity (Wildman–Crippen MR) is 87.5 cm³/mol. The summed E-state index contributed by atoms with van der Waals surface area (Å²) in [4.78, 5) is 13.7. The van der Waals surface area contributed by atoms with Gasteiger partial charge in [-0.15, -0.1) is 0 Å². The molecule has 0 radical (unpaired) electrons. The fraction of sp³-hybridized carbons (Fsp3) is 0.389. The second-order valence-electron chi connectivity index (χ2n) is 5.78. The van der Waals surface area contributed by atoms with Crippen molar-refractivity contribution in [3.63, 3.8) is 0 Å². The van der Waals surface area contributed by atoms with Crippen LogP contribution in [-0.2, 0) is 4.74 Å². The standard InChI is InChI=1S/C18H22N2O3/c21-18(19-8-2-9-20-10-13-22-14-11-20)16-6-4-15(5-7-16)17-3-1-12-23-17/h1,3-7,12H,2,8-11,13-14H2,(H,19,21)/p+1. The first-order chi connectivity index (χ1) is 11.3. The number of hydrogen-bond acceptors (Lipinski definition) is 3. The van der Waals surface area contributed by atoms with Crippen molar-refractivity contribution in [3.8, 4) is 11.3 Å². The van der Waals surface area contributed by atoms with E-state index in [9.17, 15) is 4.79 Å². The van der Waals surface area contributed by atoms with E-state index in [1.165, 1.54) is 0 Å². The third-order valence-electron chi connectivity index (χ3n) is 4.15. The third kappa shape index (κ3) is 4.43. The molecular formula is C18H23N2O3+. The molecule has 1 amide bonds. The second kappa shape index (κ2) is 7.94. The Kier molecular flexibility index (Phi) is 5.45. The Hall–Kier alpha value is -2.11. The van der Waals surface area contributed by atoms with E-state index in [-0.39, 0.29) is 5.91 Å². The molecule has 1 fully saturated rings. The number of amides is 1. The van der Waals surface area contributed by atoms with Crippen LogP contribution in [-0.4, -0.2) is 45.3 Å². The van der Waals surface area contributed by atoms with Gasteiger partial charge in [0, 0.05) is 24.1 Å². The lowest BCUT2D eigenvalue weighted by Crippen LogP contribution is -3.14. The average molecular weight is 315 g/mol. The van der Waals surface area contributed by atoms with E-state index < -0.39 is 0 Å². The summed E-state index contributed by atoms with van der Waals surface area (Å²) >= 11 is 0. The normalized spacial score (nSPS) is 15.5. The van der Waals surface area contributed by atoms with Crippen LogP contribution in [0.15, 0.2) is 47.1 Å². The van der Waals surface area contributed by atoms with Crippen LogP contribution >= 0.6 is 0 Å². The summed E-state index contributed by atoms with van der Waals surface area (Å²) in [6, 6.07) is 11.2. The number of nitrogens with one attached hydrogen (secondary N) is 2. The van der Waals surface area contributed by atoms with Crippen LogP contribution in [0.25, 0.3) is 11.3 Å². The molecule has 0 bridgehead atoms. The predicted octanol–water partition coefficient (Wildman–Crippen LogP) is 0.982. The molecule has 2 N–H and O–H groups in total. The highest BCUT2D eigenvalue weighted by Gasteiger charge is 2.13. The highest BCUT2D eigenvalue weighted by atomic mass is 16.5. The zero-order valence-corrected chi connectivity index (χ0v) is 13.2. The van der Waals surface area contributed by atoms with E-state index in [0.717, 1.165) is 50.6 Å². The number of ether oxygens (including phenoxy) is 1. The van der Waals surface area contributed by atoms with Gasteiger partial charge in [-0.2, -0.15) is 0 Å². The van der Waals surface area contributed by atoms with Crippen LogP contribution in [0, 0.1) is 0 Å². The zero-order chi connectivity index (χ0) is 15.9. The molecule has 5 nitrogen and oxygen atoms in total. The molecule has 3 rings (SSSR count). The van der Waals surface area contributed by atoms with Crippen molar-refractivity contribution >= 4 is 5.91 Å². The Balaban J connectivity index is 1.43. The fourth-order valence-electron chi connectivity index (χ4n) is 2.78. The lowest BCUT2D eigenvalue weighted by atomic mass is 10.1. The third-order valence-corrected chi connectivity index (χ3v) is 4.15. The summed E-state index contributed by atoms with van der Waals surface area (Å²) in [6.45, 7) is 5.64. The quantitative estimate of drug-likeness (QED) is 0.782. The Morgan fingerprint density at radius 1 is 1.13 bits per heavy atom. The van der Waals surface area contributed by atoms with E-state index in [0.29, 0.717) is 12.1 Å². The summed E-state index contributed by atoms with van der Waals surface area (Å²) in [5, 5.41) is 2.99.